The van der Waals surface area contributed by atoms with Gasteiger partial charge in [-0.05, 0) is 13.1 Å². The Morgan fingerprint density at radius 2 is 0.909 bits per heavy atom. The lowest BCUT2D eigenvalue weighted by Gasteiger charge is -1.86. The van der Waals surface area contributed by atoms with Crippen molar-refractivity contribution in [1.29, 1.82) is 0 Å². The van der Waals surface area contributed by atoms with Crippen LogP contribution in [0, 0.1) is 0 Å². The van der Waals surface area contributed by atoms with Gasteiger partial charge in [0.1, 0.15) is 0 Å². The Bertz CT molecular complexity index is 29.1. The second kappa shape index (κ2) is 129. The minimum atomic E-state index is 1.09. The molecule has 0 aliphatic heterocycles. The van der Waals surface area contributed by atoms with E-state index in [2.05, 4.69) is 58.6 Å². The second-order valence-electron chi connectivity index (χ2n) is 0.957. The van der Waals surface area contributed by atoms with Gasteiger partial charge in [-0.15, -0.1) is 39.5 Å². The van der Waals surface area contributed by atoms with E-state index in [1.807, 2.05) is 0 Å². The lowest BCUT2D eigenvalue weighted by Crippen LogP contribution is -2.09. The predicted molar refractivity (Wildman–Crippen MR) is 58.0 cm³/mol. The summed E-state index contributed by atoms with van der Waals surface area (Å²) in [5.41, 5.74) is 0. The van der Waals surface area contributed by atoms with Crippen molar-refractivity contribution < 1.29 is 0 Å². The van der Waals surface area contributed by atoms with E-state index < -0.39 is 0 Å². The first-order valence-electron chi connectivity index (χ1n) is 3.62. The maximum absolute atomic E-state index is 3.11. The van der Waals surface area contributed by atoms with Gasteiger partial charge in [0.2, 0.25) is 0 Å². The molecule has 0 aliphatic rings. The number of rotatable bonds is 2. The van der Waals surface area contributed by atoms with Crippen LogP contribution in [-0.4, -0.2) is 13.1 Å². The van der Waals surface area contributed by atoms with Gasteiger partial charge in [-0.25, -0.2) is 0 Å². The van der Waals surface area contributed by atoms with Gasteiger partial charge in [-0.2, -0.15) is 0 Å². The van der Waals surface area contributed by atoms with E-state index in [9.17, 15) is 0 Å². The van der Waals surface area contributed by atoms with E-state index in [0.29, 0.717) is 0 Å². The first kappa shape index (κ1) is 22.5. The second-order valence-corrected chi connectivity index (χ2v) is 0.957. The smallest absolute Gasteiger partial charge is 0.00775 e. The Kier molecular flexibility index (Phi) is 264. The maximum atomic E-state index is 3.11. The molecule has 0 heterocycles. The average Bonchev–Trinajstić information content (AvgIpc) is 2.16. The number of nitrogens with one attached hydrogen (secondary N) is 1. The van der Waals surface area contributed by atoms with E-state index >= 15 is 0 Å². The molecule has 0 unspecified atom stereocenters. The molecular formula is C10H23N. The Balaban J connectivity index is -0.0000000350. The van der Waals surface area contributed by atoms with Crippen LogP contribution >= 0.6 is 0 Å². The van der Waals surface area contributed by atoms with E-state index in [0.717, 1.165) is 13.1 Å². The van der Waals surface area contributed by atoms with Crippen LogP contribution in [0.5, 0.6) is 0 Å². The van der Waals surface area contributed by atoms with Crippen LogP contribution in [0.2, 0.25) is 0 Å². The summed E-state index contributed by atoms with van der Waals surface area (Å²) in [6, 6.07) is 0. The van der Waals surface area contributed by atoms with E-state index in [1.54, 1.807) is 0 Å². The molecule has 0 spiro atoms. The molecule has 11 heavy (non-hydrogen) atoms. The average molecular weight is 157 g/mol. The minimum Gasteiger partial charge on any atom is -0.317 e. The van der Waals surface area contributed by atoms with Gasteiger partial charge in [0.25, 0.3) is 0 Å². The van der Waals surface area contributed by atoms with Crippen molar-refractivity contribution in [3.05, 3.63) is 39.5 Å². The van der Waals surface area contributed by atoms with Crippen LogP contribution in [0.1, 0.15) is 13.8 Å². The molecule has 0 saturated carbocycles. The molecule has 0 aromatic heterocycles. The standard InChI is InChI=1S/C4H11N.3C2H4/c1-3-5-4-2;3*1-2/h5H,3-4H2,1-2H3;3*1-2H2. The molecule has 1 heteroatoms. The summed E-state index contributed by atoms with van der Waals surface area (Å²) in [5.74, 6) is 0. The van der Waals surface area contributed by atoms with Crippen molar-refractivity contribution in [1.82, 2.24) is 5.32 Å². The highest BCUT2D eigenvalue weighted by atomic mass is 14.8. The molecule has 0 rings (SSSR count). The maximum Gasteiger partial charge on any atom is -0.00775 e. The molecule has 0 atom stereocenters. The quantitative estimate of drug-likeness (QED) is 0.608. The largest absolute Gasteiger partial charge is 0.317 e. The zero-order valence-corrected chi connectivity index (χ0v) is 8.16. The fraction of sp³-hybridized carbons (Fsp3) is 0.400. The zero-order valence-electron chi connectivity index (χ0n) is 8.16. The molecule has 0 amide bonds. The first-order chi connectivity index (χ1) is 5.41. The van der Waals surface area contributed by atoms with Crippen LogP contribution in [0.4, 0.5) is 0 Å². The fourth-order valence-electron chi connectivity index (χ4n) is 0.250. The van der Waals surface area contributed by atoms with Crippen LogP contribution in [-0.2, 0) is 0 Å². The van der Waals surface area contributed by atoms with Gasteiger partial charge < -0.3 is 5.32 Å². The SMILES string of the molecule is C=C.C=C.C=C.CCNCC. The third-order valence-corrected chi connectivity index (χ3v) is 0.500. The van der Waals surface area contributed by atoms with Crippen molar-refractivity contribution in [2.75, 3.05) is 13.1 Å². The van der Waals surface area contributed by atoms with Crippen molar-refractivity contribution in [2.24, 2.45) is 0 Å². The summed E-state index contributed by atoms with van der Waals surface area (Å²) in [7, 11) is 0. The molecular weight excluding hydrogens is 134 g/mol. The first-order valence-corrected chi connectivity index (χ1v) is 3.62. The van der Waals surface area contributed by atoms with Gasteiger partial charge in [0.05, 0.1) is 0 Å². The molecule has 1 nitrogen and oxygen atoms in total. The van der Waals surface area contributed by atoms with E-state index in [-0.39, 0.29) is 0 Å². The predicted octanol–water partition coefficient (Wildman–Crippen LogP) is 3.02. The molecule has 0 saturated heterocycles. The van der Waals surface area contributed by atoms with Gasteiger partial charge in [0.15, 0.2) is 0 Å². The van der Waals surface area contributed by atoms with Gasteiger partial charge in [-0.1, -0.05) is 13.8 Å². The Labute approximate surface area is 72.5 Å². The van der Waals surface area contributed by atoms with Crippen molar-refractivity contribution in [2.45, 2.75) is 13.8 Å². The van der Waals surface area contributed by atoms with Gasteiger partial charge >= 0.3 is 0 Å². The third kappa shape index (κ3) is 340. The zero-order chi connectivity index (χ0) is 10.1. The number of hydrogen-bond donors (Lipinski definition) is 1. The van der Waals surface area contributed by atoms with Crippen molar-refractivity contribution in [3.63, 3.8) is 0 Å². The highest BCUT2D eigenvalue weighted by molar-refractivity contribution is 4.27. The van der Waals surface area contributed by atoms with Crippen molar-refractivity contribution in [3.8, 4) is 0 Å². The molecule has 1 N–H and O–H groups in total. The Hall–Kier alpha value is -0.820. The molecule has 0 radical (unpaired) electrons. The number of hydrogen-bond acceptors (Lipinski definition) is 1. The van der Waals surface area contributed by atoms with Gasteiger partial charge in [0, 0.05) is 0 Å². The normalized spacial score (nSPS) is 4.91. The third-order valence-electron chi connectivity index (χ3n) is 0.500. The lowest BCUT2D eigenvalue weighted by atomic mass is 10.7. The Morgan fingerprint density at radius 3 is 0.909 bits per heavy atom. The summed E-state index contributed by atoms with van der Waals surface area (Å²) in [6.07, 6.45) is 0. The molecule has 0 fully saturated rings. The van der Waals surface area contributed by atoms with Gasteiger partial charge in [-0.3, -0.25) is 0 Å². The topological polar surface area (TPSA) is 12.0 Å². The monoisotopic (exact) mass is 157 g/mol. The molecule has 0 aromatic rings. The summed E-state index contributed by atoms with van der Waals surface area (Å²) in [5, 5.41) is 3.11. The Morgan fingerprint density at radius 1 is 0.727 bits per heavy atom. The lowest BCUT2D eigenvalue weighted by molar-refractivity contribution is 0.762. The van der Waals surface area contributed by atoms with Crippen LogP contribution in [0.15, 0.2) is 39.5 Å². The van der Waals surface area contributed by atoms with E-state index in [1.165, 1.54) is 0 Å². The van der Waals surface area contributed by atoms with Crippen LogP contribution in [0.25, 0.3) is 0 Å². The molecule has 68 valence electrons. The molecule has 0 aromatic carbocycles. The summed E-state index contributed by atoms with van der Waals surface area (Å²) in [6.45, 7) is 24.4. The summed E-state index contributed by atoms with van der Waals surface area (Å²) < 4.78 is 0. The minimum absolute atomic E-state index is 1.09. The van der Waals surface area contributed by atoms with E-state index in [4.69, 9.17) is 0 Å². The highest BCUT2D eigenvalue weighted by Crippen LogP contribution is 1.47. The highest BCUT2D eigenvalue weighted by Gasteiger charge is 1.62. The van der Waals surface area contributed by atoms with Crippen LogP contribution in [0.3, 0.4) is 0 Å². The van der Waals surface area contributed by atoms with Crippen LogP contribution < -0.4 is 5.32 Å². The summed E-state index contributed by atoms with van der Waals surface area (Å²) >= 11 is 0. The summed E-state index contributed by atoms with van der Waals surface area (Å²) in [4.78, 5) is 0. The molecule has 0 aliphatic carbocycles. The fourth-order valence-corrected chi connectivity index (χ4v) is 0.250. The van der Waals surface area contributed by atoms with Crippen molar-refractivity contribution >= 4 is 0 Å². The molecule has 0 bridgehead atoms.